The van der Waals surface area contributed by atoms with E-state index < -0.39 is 0 Å². The fourth-order valence-electron chi connectivity index (χ4n) is 3.96. The summed E-state index contributed by atoms with van der Waals surface area (Å²) < 4.78 is 1.67. The van der Waals surface area contributed by atoms with Crippen molar-refractivity contribution in [2.24, 2.45) is 0 Å². The van der Waals surface area contributed by atoms with E-state index >= 15 is 0 Å². The Labute approximate surface area is 175 Å². The van der Waals surface area contributed by atoms with Gasteiger partial charge in [0, 0.05) is 23.1 Å². The van der Waals surface area contributed by atoms with Crippen LogP contribution in [0, 0.1) is 0 Å². The number of amides is 1. The van der Waals surface area contributed by atoms with Crippen LogP contribution in [0.25, 0.3) is 10.9 Å². The lowest BCUT2D eigenvalue weighted by Gasteiger charge is -2.40. The number of piperidine rings is 1. The molecule has 1 aliphatic rings. The van der Waals surface area contributed by atoms with Gasteiger partial charge in [-0.2, -0.15) is 0 Å². The summed E-state index contributed by atoms with van der Waals surface area (Å²) in [6.45, 7) is 10.0. The number of benzene rings is 1. The Morgan fingerprint density at radius 1 is 1.21 bits per heavy atom. The molecule has 0 N–H and O–H groups in total. The average Bonchev–Trinajstić information content (AvgIpc) is 2.60. The average molecular weight is 422 g/mol. The first-order valence-corrected chi connectivity index (χ1v) is 11.2. The number of fused-ring (bicyclic) bond motifs is 1. The first-order chi connectivity index (χ1) is 13.2. The minimum Gasteiger partial charge on any atom is -0.336 e. The van der Waals surface area contributed by atoms with Crippen molar-refractivity contribution in [3.05, 3.63) is 33.6 Å². The molecular formula is C21H28ClN3O2S. The van der Waals surface area contributed by atoms with Crippen molar-refractivity contribution in [1.82, 2.24) is 14.5 Å². The number of thioether (sulfide) groups is 1. The monoisotopic (exact) mass is 421 g/mol. The van der Waals surface area contributed by atoms with E-state index in [2.05, 4.69) is 13.8 Å². The molecule has 1 aromatic carbocycles. The summed E-state index contributed by atoms with van der Waals surface area (Å²) in [4.78, 5) is 32.9. The van der Waals surface area contributed by atoms with Crippen molar-refractivity contribution in [3.63, 3.8) is 0 Å². The van der Waals surface area contributed by atoms with Gasteiger partial charge in [0.15, 0.2) is 5.16 Å². The van der Waals surface area contributed by atoms with Crippen molar-refractivity contribution in [2.75, 3.05) is 0 Å². The normalized spacial score (nSPS) is 21.3. The van der Waals surface area contributed by atoms with Crippen LogP contribution in [0.1, 0.15) is 59.9 Å². The van der Waals surface area contributed by atoms with E-state index in [-0.39, 0.29) is 34.8 Å². The van der Waals surface area contributed by atoms with Gasteiger partial charge >= 0.3 is 0 Å². The van der Waals surface area contributed by atoms with E-state index in [0.717, 1.165) is 19.3 Å². The van der Waals surface area contributed by atoms with Crippen LogP contribution in [0.15, 0.2) is 28.2 Å². The molecule has 1 amide bonds. The van der Waals surface area contributed by atoms with Crippen LogP contribution in [0.4, 0.5) is 0 Å². The molecule has 0 saturated carbocycles. The van der Waals surface area contributed by atoms with Gasteiger partial charge < -0.3 is 4.90 Å². The first kappa shape index (κ1) is 21.2. The van der Waals surface area contributed by atoms with E-state index in [0.29, 0.717) is 21.1 Å². The van der Waals surface area contributed by atoms with Crippen LogP contribution in [0.5, 0.6) is 0 Å². The lowest BCUT2D eigenvalue weighted by Crippen LogP contribution is -2.50. The largest absolute Gasteiger partial charge is 0.336 e. The zero-order chi connectivity index (χ0) is 20.6. The molecule has 5 nitrogen and oxygen atoms in total. The third-order valence-corrected chi connectivity index (χ3v) is 6.71. The van der Waals surface area contributed by atoms with E-state index in [4.69, 9.17) is 16.6 Å². The minimum absolute atomic E-state index is 0.0577. The van der Waals surface area contributed by atoms with Crippen LogP contribution in [0.2, 0.25) is 5.02 Å². The number of halogens is 1. The molecule has 0 radical (unpaired) electrons. The third kappa shape index (κ3) is 4.08. The quantitative estimate of drug-likeness (QED) is 0.520. The Kier molecular flexibility index (Phi) is 6.40. The predicted molar refractivity (Wildman–Crippen MR) is 116 cm³/mol. The van der Waals surface area contributed by atoms with Crippen molar-refractivity contribution >= 4 is 40.2 Å². The maximum atomic E-state index is 13.2. The highest BCUT2D eigenvalue weighted by Gasteiger charge is 2.32. The third-order valence-electron chi connectivity index (χ3n) is 5.43. The fraction of sp³-hybridized carbons (Fsp3) is 0.571. The molecule has 2 heterocycles. The Morgan fingerprint density at radius 2 is 1.86 bits per heavy atom. The molecular weight excluding hydrogens is 394 g/mol. The summed E-state index contributed by atoms with van der Waals surface area (Å²) in [7, 11) is 0. The maximum absolute atomic E-state index is 13.2. The number of carbonyl (C=O) groups is 1. The standard InChI is InChI=1S/C21H28ClN3O2S/c1-12(2)24-20(27)17-10-9-16(22)11-18(17)23-21(24)28-15(5)19(26)25-13(3)7-6-8-14(25)4/h9-15H,6-8H2,1-5H3/t13-,14+,15-/m1/s1. The van der Waals surface area contributed by atoms with Gasteiger partial charge in [-0.3, -0.25) is 14.2 Å². The summed E-state index contributed by atoms with van der Waals surface area (Å²) in [6.07, 6.45) is 3.24. The summed E-state index contributed by atoms with van der Waals surface area (Å²) in [5, 5.41) is 1.32. The second-order valence-electron chi connectivity index (χ2n) is 7.96. The van der Waals surface area contributed by atoms with Gasteiger partial charge in [-0.25, -0.2) is 4.98 Å². The Bertz CT molecular complexity index is 933. The maximum Gasteiger partial charge on any atom is 0.262 e. The second-order valence-corrected chi connectivity index (χ2v) is 9.70. The lowest BCUT2D eigenvalue weighted by atomic mass is 9.97. The predicted octanol–water partition coefficient (Wildman–Crippen LogP) is 4.90. The SMILES string of the molecule is CC(C)n1c(S[C@H](C)C(=O)N2[C@H](C)CCC[C@@H]2C)nc2cc(Cl)ccc2c1=O. The van der Waals surface area contributed by atoms with Crippen molar-refractivity contribution in [2.45, 2.75) is 82.4 Å². The first-order valence-electron chi connectivity index (χ1n) is 9.91. The lowest BCUT2D eigenvalue weighted by molar-refractivity contribution is -0.136. The number of hydrogen-bond acceptors (Lipinski definition) is 4. The van der Waals surface area contributed by atoms with Gasteiger partial charge in [-0.05, 0) is 72.1 Å². The Hall–Kier alpha value is -1.53. The smallest absolute Gasteiger partial charge is 0.262 e. The second kappa shape index (κ2) is 8.46. The number of hydrogen-bond donors (Lipinski definition) is 0. The summed E-state index contributed by atoms with van der Waals surface area (Å²) >= 11 is 7.46. The molecule has 0 spiro atoms. The number of aromatic nitrogens is 2. The molecule has 0 unspecified atom stereocenters. The van der Waals surface area contributed by atoms with Crippen LogP contribution in [-0.4, -0.2) is 37.7 Å². The fourth-order valence-corrected chi connectivity index (χ4v) is 5.23. The van der Waals surface area contributed by atoms with Gasteiger partial charge in [0.25, 0.3) is 5.56 Å². The van der Waals surface area contributed by atoms with Gasteiger partial charge in [-0.1, -0.05) is 23.4 Å². The molecule has 1 saturated heterocycles. The van der Waals surface area contributed by atoms with Crippen molar-refractivity contribution < 1.29 is 4.79 Å². The molecule has 1 aliphatic heterocycles. The molecule has 1 fully saturated rings. The molecule has 3 atom stereocenters. The molecule has 7 heteroatoms. The van der Waals surface area contributed by atoms with Gasteiger partial charge in [-0.15, -0.1) is 0 Å². The molecule has 28 heavy (non-hydrogen) atoms. The van der Waals surface area contributed by atoms with Gasteiger partial charge in [0.05, 0.1) is 16.2 Å². The number of likely N-dealkylation sites (tertiary alicyclic amines) is 1. The summed E-state index contributed by atoms with van der Waals surface area (Å²) in [5.41, 5.74) is 0.467. The summed E-state index contributed by atoms with van der Waals surface area (Å²) in [6, 6.07) is 5.55. The van der Waals surface area contributed by atoms with Gasteiger partial charge in [0.1, 0.15) is 0 Å². The zero-order valence-electron chi connectivity index (χ0n) is 17.1. The topological polar surface area (TPSA) is 55.2 Å². The molecule has 0 aliphatic carbocycles. The number of carbonyl (C=O) groups excluding carboxylic acids is 1. The summed E-state index contributed by atoms with van der Waals surface area (Å²) in [5.74, 6) is 0.112. The van der Waals surface area contributed by atoms with Crippen LogP contribution >= 0.6 is 23.4 Å². The van der Waals surface area contributed by atoms with Gasteiger partial charge in [0.2, 0.25) is 5.91 Å². The van der Waals surface area contributed by atoms with E-state index in [9.17, 15) is 9.59 Å². The highest BCUT2D eigenvalue weighted by Crippen LogP contribution is 2.30. The molecule has 2 aromatic rings. The number of rotatable bonds is 4. The van der Waals surface area contributed by atoms with Crippen LogP contribution in [-0.2, 0) is 4.79 Å². The van der Waals surface area contributed by atoms with Crippen LogP contribution in [0.3, 0.4) is 0 Å². The minimum atomic E-state index is -0.323. The zero-order valence-corrected chi connectivity index (χ0v) is 18.7. The Balaban J connectivity index is 1.97. The van der Waals surface area contributed by atoms with E-state index in [1.807, 2.05) is 25.7 Å². The van der Waals surface area contributed by atoms with Crippen molar-refractivity contribution in [3.8, 4) is 0 Å². The number of nitrogens with zero attached hydrogens (tertiary/aromatic N) is 3. The highest BCUT2D eigenvalue weighted by atomic mass is 35.5. The van der Waals surface area contributed by atoms with Crippen molar-refractivity contribution in [1.29, 1.82) is 0 Å². The van der Waals surface area contributed by atoms with E-state index in [1.54, 1.807) is 22.8 Å². The van der Waals surface area contributed by atoms with Crippen LogP contribution < -0.4 is 5.56 Å². The molecule has 0 bridgehead atoms. The molecule has 152 valence electrons. The molecule has 3 rings (SSSR count). The van der Waals surface area contributed by atoms with E-state index in [1.165, 1.54) is 11.8 Å². The molecule has 1 aromatic heterocycles. The highest BCUT2D eigenvalue weighted by molar-refractivity contribution is 8.00. The Morgan fingerprint density at radius 3 is 2.46 bits per heavy atom.